The van der Waals surface area contributed by atoms with Gasteiger partial charge in [-0.15, -0.1) is 0 Å². The summed E-state index contributed by atoms with van der Waals surface area (Å²) >= 11 is 0. The fraction of sp³-hybridized carbons (Fsp3) is 0.429. The zero-order valence-electron chi connectivity index (χ0n) is 11.2. The molecule has 0 saturated carbocycles. The van der Waals surface area contributed by atoms with E-state index in [1.807, 2.05) is 30.3 Å². The van der Waals surface area contributed by atoms with Crippen molar-refractivity contribution in [2.45, 2.75) is 25.4 Å². The molecular formula is C14H20N2O4. The van der Waals surface area contributed by atoms with E-state index in [1.54, 1.807) is 0 Å². The molecule has 1 aromatic carbocycles. The molecule has 0 aliphatic carbocycles. The summed E-state index contributed by atoms with van der Waals surface area (Å²) in [5, 5.41) is 23.3. The van der Waals surface area contributed by atoms with Crippen LogP contribution < -0.4 is 10.6 Å². The molecular weight excluding hydrogens is 260 g/mol. The lowest BCUT2D eigenvalue weighted by atomic mass is 10.1. The third-order valence-electron chi connectivity index (χ3n) is 2.67. The number of carboxylic acids is 1. The molecule has 0 fully saturated rings. The van der Waals surface area contributed by atoms with Crippen molar-refractivity contribution in [3.05, 3.63) is 35.9 Å². The molecule has 0 bridgehead atoms. The minimum absolute atomic E-state index is 0.0247. The third-order valence-corrected chi connectivity index (χ3v) is 2.67. The van der Waals surface area contributed by atoms with Crippen molar-refractivity contribution in [3.63, 3.8) is 0 Å². The molecule has 20 heavy (non-hydrogen) atoms. The second-order valence-electron chi connectivity index (χ2n) is 4.48. The number of urea groups is 1. The largest absolute Gasteiger partial charge is 0.481 e. The van der Waals surface area contributed by atoms with Crippen LogP contribution in [0.1, 0.15) is 18.4 Å². The maximum absolute atomic E-state index is 11.4. The Morgan fingerprint density at radius 3 is 2.50 bits per heavy atom. The highest BCUT2D eigenvalue weighted by Crippen LogP contribution is 2.02. The molecule has 6 nitrogen and oxygen atoms in total. The number of carbonyl (C=O) groups is 2. The molecule has 0 heterocycles. The summed E-state index contributed by atoms with van der Waals surface area (Å²) < 4.78 is 0. The molecule has 0 aromatic heterocycles. The SMILES string of the molecule is O=C(O)CCCNC(=O)NCC(O)Cc1ccccc1. The molecule has 0 radical (unpaired) electrons. The Bertz CT molecular complexity index is 422. The maximum atomic E-state index is 11.4. The van der Waals surface area contributed by atoms with Crippen molar-refractivity contribution in [1.29, 1.82) is 0 Å². The number of amides is 2. The van der Waals surface area contributed by atoms with Crippen LogP contribution in [0, 0.1) is 0 Å². The number of aliphatic hydroxyl groups excluding tert-OH is 1. The molecule has 2 amide bonds. The van der Waals surface area contributed by atoms with Gasteiger partial charge in [-0.3, -0.25) is 4.79 Å². The normalized spacial score (nSPS) is 11.7. The Morgan fingerprint density at radius 2 is 1.85 bits per heavy atom. The molecule has 0 aliphatic heterocycles. The number of hydrogen-bond donors (Lipinski definition) is 4. The molecule has 0 spiro atoms. The van der Waals surface area contributed by atoms with Crippen LogP contribution in [-0.4, -0.2) is 41.4 Å². The minimum Gasteiger partial charge on any atom is -0.481 e. The zero-order chi connectivity index (χ0) is 14.8. The molecule has 1 unspecified atom stereocenters. The summed E-state index contributed by atoms with van der Waals surface area (Å²) in [5.41, 5.74) is 1.00. The van der Waals surface area contributed by atoms with Gasteiger partial charge in [0.15, 0.2) is 0 Å². The lowest BCUT2D eigenvalue weighted by Crippen LogP contribution is -2.40. The second kappa shape index (κ2) is 8.92. The number of hydrogen-bond acceptors (Lipinski definition) is 3. The Balaban J connectivity index is 2.12. The van der Waals surface area contributed by atoms with Gasteiger partial charge in [0.25, 0.3) is 0 Å². The summed E-state index contributed by atoms with van der Waals surface area (Å²) in [6.45, 7) is 0.451. The third kappa shape index (κ3) is 7.38. The van der Waals surface area contributed by atoms with Crippen LogP contribution in [0.25, 0.3) is 0 Å². The minimum atomic E-state index is -0.884. The Kier molecular flexibility index (Phi) is 7.13. The fourth-order valence-electron chi connectivity index (χ4n) is 1.67. The van der Waals surface area contributed by atoms with Crippen LogP contribution in [0.15, 0.2) is 30.3 Å². The van der Waals surface area contributed by atoms with E-state index in [4.69, 9.17) is 5.11 Å². The van der Waals surface area contributed by atoms with Gasteiger partial charge >= 0.3 is 12.0 Å². The van der Waals surface area contributed by atoms with E-state index in [-0.39, 0.29) is 13.0 Å². The van der Waals surface area contributed by atoms with E-state index in [2.05, 4.69) is 10.6 Å². The summed E-state index contributed by atoms with van der Waals surface area (Å²) in [6.07, 6.45) is 0.231. The van der Waals surface area contributed by atoms with Crippen LogP contribution in [0.2, 0.25) is 0 Å². The summed E-state index contributed by atoms with van der Waals surface area (Å²) in [4.78, 5) is 21.6. The molecule has 1 rings (SSSR count). The second-order valence-corrected chi connectivity index (χ2v) is 4.48. The number of carbonyl (C=O) groups excluding carboxylic acids is 1. The van der Waals surface area contributed by atoms with Crippen molar-refractivity contribution in [2.24, 2.45) is 0 Å². The predicted octanol–water partition coefficient (Wildman–Crippen LogP) is 0.754. The smallest absolute Gasteiger partial charge is 0.314 e. The van der Waals surface area contributed by atoms with E-state index >= 15 is 0 Å². The van der Waals surface area contributed by atoms with Crippen LogP contribution in [0.3, 0.4) is 0 Å². The molecule has 1 aromatic rings. The van der Waals surface area contributed by atoms with E-state index in [0.717, 1.165) is 5.56 Å². The van der Waals surface area contributed by atoms with Gasteiger partial charge in [-0.2, -0.15) is 0 Å². The maximum Gasteiger partial charge on any atom is 0.314 e. The van der Waals surface area contributed by atoms with E-state index in [0.29, 0.717) is 19.4 Å². The van der Waals surface area contributed by atoms with Crippen LogP contribution in [0.4, 0.5) is 4.79 Å². The molecule has 1 atom stereocenters. The van der Waals surface area contributed by atoms with Crippen molar-refractivity contribution in [1.82, 2.24) is 10.6 Å². The monoisotopic (exact) mass is 280 g/mol. The first kappa shape index (κ1) is 16.0. The molecule has 110 valence electrons. The number of aliphatic carboxylic acids is 1. The first-order valence-electron chi connectivity index (χ1n) is 6.53. The van der Waals surface area contributed by atoms with Crippen molar-refractivity contribution in [3.8, 4) is 0 Å². The first-order valence-corrected chi connectivity index (χ1v) is 6.53. The Hall–Kier alpha value is -2.08. The number of aliphatic hydroxyl groups is 1. The number of carboxylic acid groups (broad SMARTS) is 1. The average Bonchev–Trinajstić information content (AvgIpc) is 2.42. The van der Waals surface area contributed by atoms with Gasteiger partial charge in [0.1, 0.15) is 0 Å². The molecule has 4 N–H and O–H groups in total. The number of rotatable bonds is 8. The van der Waals surface area contributed by atoms with Crippen LogP contribution in [-0.2, 0) is 11.2 Å². The number of nitrogens with one attached hydrogen (secondary N) is 2. The quantitative estimate of drug-likeness (QED) is 0.528. The summed E-state index contributed by atoms with van der Waals surface area (Å²) in [6, 6.07) is 9.11. The van der Waals surface area contributed by atoms with Gasteiger partial charge in [0, 0.05) is 25.9 Å². The van der Waals surface area contributed by atoms with Gasteiger partial charge < -0.3 is 20.8 Å². The highest BCUT2D eigenvalue weighted by molar-refractivity contribution is 5.73. The van der Waals surface area contributed by atoms with Crippen LogP contribution in [0.5, 0.6) is 0 Å². The van der Waals surface area contributed by atoms with E-state index in [9.17, 15) is 14.7 Å². The highest BCUT2D eigenvalue weighted by Gasteiger charge is 2.07. The molecule has 6 heteroatoms. The Labute approximate surface area is 117 Å². The lowest BCUT2D eigenvalue weighted by Gasteiger charge is -2.12. The van der Waals surface area contributed by atoms with Crippen molar-refractivity contribution >= 4 is 12.0 Å². The zero-order valence-corrected chi connectivity index (χ0v) is 11.2. The van der Waals surface area contributed by atoms with Crippen LogP contribution >= 0.6 is 0 Å². The highest BCUT2D eigenvalue weighted by atomic mass is 16.4. The van der Waals surface area contributed by atoms with Crippen molar-refractivity contribution in [2.75, 3.05) is 13.1 Å². The average molecular weight is 280 g/mol. The molecule has 0 saturated heterocycles. The Morgan fingerprint density at radius 1 is 1.15 bits per heavy atom. The van der Waals surface area contributed by atoms with Gasteiger partial charge in [-0.1, -0.05) is 30.3 Å². The van der Waals surface area contributed by atoms with Gasteiger partial charge in [-0.05, 0) is 12.0 Å². The topological polar surface area (TPSA) is 98.7 Å². The van der Waals surface area contributed by atoms with Gasteiger partial charge in [-0.25, -0.2) is 4.79 Å². The van der Waals surface area contributed by atoms with Gasteiger partial charge in [0.05, 0.1) is 6.10 Å². The van der Waals surface area contributed by atoms with E-state index < -0.39 is 18.1 Å². The first-order chi connectivity index (χ1) is 9.58. The lowest BCUT2D eigenvalue weighted by molar-refractivity contribution is -0.137. The molecule has 0 aliphatic rings. The summed E-state index contributed by atoms with van der Waals surface area (Å²) in [7, 11) is 0. The standard InChI is InChI=1S/C14H20N2O4/c17-12(9-11-5-2-1-3-6-11)10-16-14(20)15-8-4-7-13(18)19/h1-3,5-6,12,17H,4,7-10H2,(H,18,19)(H2,15,16,20). The van der Waals surface area contributed by atoms with Crippen molar-refractivity contribution < 1.29 is 19.8 Å². The number of benzene rings is 1. The fourth-order valence-corrected chi connectivity index (χ4v) is 1.67. The van der Waals surface area contributed by atoms with E-state index in [1.165, 1.54) is 0 Å². The van der Waals surface area contributed by atoms with Gasteiger partial charge in [0.2, 0.25) is 0 Å². The summed E-state index contributed by atoms with van der Waals surface area (Å²) in [5.74, 6) is -0.884. The predicted molar refractivity (Wildman–Crippen MR) is 74.4 cm³/mol.